The third-order valence-electron chi connectivity index (χ3n) is 2.53. The number of benzene rings is 1. The molecule has 0 saturated carbocycles. The van der Waals surface area contributed by atoms with Crippen molar-refractivity contribution in [2.45, 2.75) is 16.6 Å². The average molecular weight is 348 g/mol. The quantitative estimate of drug-likeness (QED) is 0.491. The average Bonchev–Trinajstić information content (AvgIpc) is 2.69. The van der Waals surface area contributed by atoms with Gasteiger partial charge in [-0.1, -0.05) is 39.7 Å². The van der Waals surface area contributed by atoms with E-state index in [9.17, 15) is 0 Å². The zero-order chi connectivity index (χ0) is 12.4. The second-order valence-electron chi connectivity index (χ2n) is 3.74. The van der Waals surface area contributed by atoms with Crippen LogP contribution in [0.5, 0.6) is 0 Å². The van der Waals surface area contributed by atoms with E-state index in [4.69, 9.17) is 11.6 Å². The molecule has 0 nitrogen and oxygen atoms in total. The van der Waals surface area contributed by atoms with E-state index in [0.29, 0.717) is 0 Å². The smallest absolute Gasteiger partial charge is 0.0960 e. The summed E-state index contributed by atoms with van der Waals surface area (Å²) in [6.07, 6.45) is 2.09. The van der Waals surface area contributed by atoms with E-state index < -0.39 is 0 Å². The second kappa shape index (κ2) is 5.79. The molecule has 1 atom stereocenters. The van der Waals surface area contributed by atoms with Crippen molar-refractivity contribution in [3.8, 4) is 0 Å². The molecule has 4 heteroatoms. The van der Waals surface area contributed by atoms with Gasteiger partial charge in [-0.15, -0.1) is 23.1 Å². The summed E-state index contributed by atoms with van der Waals surface area (Å²) < 4.78 is 0.880. The largest absolute Gasteiger partial charge is 0.130 e. The van der Waals surface area contributed by atoms with E-state index >= 15 is 0 Å². The van der Waals surface area contributed by atoms with Crippen LogP contribution in [0, 0.1) is 6.92 Å². The van der Waals surface area contributed by atoms with Gasteiger partial charge in [0.2, 0.25) is 0 Å². The first-order valence-corrected chi connectivity index (χ1v) is 8.49. The standard InChI is InChI=1S/C13H12BrClS2/c1-8-7-11(17-13(8)15)12(14)9-3-5-10(16-2)6-4-9/h3-7,12H,1-2H3. The third-order valence-corrected chi connectivity index (χ3v) is 6.22. The Bertz CT molecular complexity index is 485. The molecule has 2 rings (SSSR count). The molecule has 0 aliphatic heterocycles. The van der Waals surface area contributed by atoms with Crippen LogP contribution in [-0.4, -0.2) is 6.26 Å². The second-order valence-corrected chi connectivity index (χ2v) is 7.22. The van der Waals surface area contributed by atoms with Gasteiger partial charge in [0, 0.05) is 9.77 Å². The summed E-state index contributed by atoms with van der Waals surface area (Å²) in [5.41, 5.74) is 2.41. The lowest BCUT2D eigenvalue weighted by atomic mass is 10.1. The van der Waals surface area contributed by atoms with E-state index in [1.54, 1.807) is 23.1 Å². The highest BCUT2D eigenvalue weighted by Gasteiger charge is 2.14. The minimum Gasteiger partial charge on any atom is -0.130 e. The van der Waals surface area contributed by atoms with Crippen LogP contribution in [0.15, 0.2) is 35.2 Å². The van der Waals surface area contributed by atoms with Crippen LogP contribution in [0.1, 0.15) is 20.8 Å². The van der Waals surface area contributed by atoms with Crippen LogP contribution in [0.2, 0.25) is 4.34 Å². The van der Waals surface area contributed by atoms with Gasteiger partial charge in [0.1, 0.15) is 0 Å². The fraction of sp³-hybridized carbons (Fsp3) is 0.231. The molecule has 0 saturated heterocycles. The fourth-order valence-electron chi connectivity index (χ4n) is 1.55. The molecule has 0 N–H and O–H groups in total. The Balaban J connectivity index is 2.26. The zero-order valence-corrected chi connectivity index (χ0v) is 13.5. The van der Waals surface area contributed by atoms with Crippen molar-refractivity contribution in [3.63, 3.8) is 0 Å². The Morgan fingerprint density at radius 1 is 1.29 bits per heavy atom. The van der Waals surface area contributed by atoms with Gasteiger partial charge in [0.25, 0.3) is 0 Å². The van der Waals surface area contributed by atoms with Crippen LogP contribution < -0.4 is 0 Å². The fourth-order valence-corrected chi connectivity index (χ4v) is 3.90. The summed E-state index contributed by atoms with van der Waals surface area (Å²) in [6, 6.07) is 10.8. The van der Waals surface area contributed by atoms with Crippen molar-refractivity contribution < 1.29 is 0 Å². The molecule has 1 unspecified atom stereocenters. The summed E-state index contributed by atoms with van der Waals surface area (Å²) in [5, 5.41) is 0. The number of thioether (sulfide) groups is 1. The van der Waals surface area contributed by atoms with Crippen molar-refractivity contribution in [3.05, 3.63) is 50.7 Å². The molecule has 17 heavy (non-hydrogen) atoms. The van der Waals surface area contributed by atoms with E-state index in [1.165, 1.54) is 15.3 Å². The molecule has 0 aliphatic carbocycles. The monoisotopic (exact) mass is 346 g/mol. The summed E-state index contributed by atoms with van der Waals surface area (Å²) in [6.45, 7) is 2.04. The molecule has 0 fully saturated rings. The number of aryl methyl sites for hydroxylation is 1. The first-order chi connectivity index (χ1) is 8.11. The Morgan fingerprint density at radius 2 is 1.94 bits per heavy atom. The Labute approximate surface area is 124 Å². The predicted molar refractivity (Wildman–Crippen MR) is 83.1 cm³/mol. The van der Waals surface area contributed by atoms with Gasteiger partial charge in [-0.2, -0.15) is 0 Å². The van der Waals surface area contributed by atoms with Crippen LogP contribution in [0.25, 0.3) is 0 Å². The van der Waals surface area contributed by atoms with Gasteiger partial charge in [-0.3, -0.25) is 0 Å². The van der Waals surface area contributed by atoms with Crippen molar-refractivity contribution >= 4 is 50.6 Å². The molecule has 0 bridgehead atoms. The zero-order valence-electron chi connectivity index (χ0n) is 9.54. The van der Waals surface area contributed by atoms with E-state index in [-0.39, 0.29) is 4.83 Å². The predicted octanol–water partition coefficient (Wildman–Crippen LogP) is 5.92. The lowest BCUT2D eigenvalue weighted by Gasteiger charge is -2.08. The topological polar surface area (TPSA) is 0 Å². The molecular formula is C13H12BrClS2. The van der Waals surface area contributed by atoms with Crippen LogP contribution in [-0.2, 0) is 0 Å². The summed E-state index contributed by atoms with van der Waals surface area (Å²) in [7, 11) is 0. The summed E-state index contributed by atoms with van der Waals surface area (Å²) in [5.74, 6) is 0. The Morgan fingerprint density at radius 3 is 2.41 bits per heavy atom. The number of thiophene rings is 1. The van der Waals surface area contributed by atoms with Gasteiger partial charge in [-0.25, -0.2) is 0 Å². The normalized spacial score (nSPS) is 12.7. The summed E-state index contributed by atoms with van der Waals surface area (Å²) >= 11 is 13.2. The van der Waals surface area contributed by atoms with Crippen molar-refractivity contribution in [1.29, 1.82) is 0 Å². The number of hydrogen-bond acceptors (Lipinski definition) is 2. The molecule has 0 aliphatic rings. The number of rotatable bonds is 3. The van der Waals surface area contributed by atoms with Gasteiger partial charge < -0.3 is 0 Å². The van der Waals surface area contributed by atoms with Gasteiger partial charge >= 0.3 is 0 Å². The maximum absolute atomic E-state index is 6.10. The maximum atomic E-state index is 6.10. The molecule has 0 amide bonds. The maximum Gasteiger partial charge on any atom is 0.0960 e. The minimum atomic E-state index is 0.231. The van der Waals surface area contributed by atoms with Crippen LogP contribution in [0.4, 0.5) is 0 Å². The van der Waals surface area contributed by atoms with Gasteiger partial charge in [-0.05, 0) is 42.5 Å². The van der Waals surface area contributed by atoms with E-state index in [1.807, 2.05) is 6.92 Å². The molecule has 1 aromatic carbocycles. The van der Waals surface area contributed by atoms with Gasteiger partial charge in [0.05, 0.1) is 9.16 Å². The van der Waals surface area contributed by atoms with Crippen LogP contribution >= 0.6 is 50.6 Å². The molecule has 1 heterocycles. The Hall–Kier alpha value is 0.0400. The molecule has 0 radical (unpaired) electrons. The van der Waals surface area contributed by atoms with Crippen LogP contribution in [0.3, 0.4) is 0 Å². The lowest BCUT2D eigenvalue weighted by molar-refractivity contribution is 1.20. The van der Waals surface area contributed by atoms with E-state index in [2.05, 4.69) is 52.5 Å². The van der Waals surface area contributed by atoms with Gasteiger partial charge in [0.15, 0.2) is 0 Å². The molecule has 0 spiro atoms. The number of halogens is 2. The third kappa shape index (κ3) is 3.08. The van der Waals surface area contributed by atoms with Crippen molar-refractivity contribution in [2.24, 2.45) is 0 Å². The Kier molecular flexibility index (Phi) is 4.59. The molecular weight excluding hydrogens is 336 g/mol. The molecule has 2 aromatic rings. The first kappa shape index (κ1) is 13.5. The SMILES string of the molecule is CSc1ccc(C(Br)c2cc(C)c(Cl)s2)cc1. The highest BCUT2D eigenvalue weighted by molar-refractivity contribution is 9.09. The van der Waals surface area contributed by atoms with Crippen molar-refractivity contribution in [2.75, 3.05) is 6.26 Å². The van der Waals surface area contributed by atoms with Crippen molar-refractivity contribution in [1.82, 2.24) is 0 Å². The minimum absolute atomic E-state index is 0.231. The van der Waals surface area contributed by atoms with E-state index in [0.717, 1.165) is 9.90 Å². The lowest BCUT2D eigenvalue weighted by Crippen LogP contribution is -1.88. The highest BCUT2D eigenvalue weighted by Crippen LogP contribution is 2.39. The molecule has 90 valence electrons. The highest BCUT2D eigenvalue weighted by atomic mass is 79.9. The number of hydrogen-bond donors (Lipinski definition) is 0. The first-order valence-electron chi connectivity index (χ1n) is 5.15. The summed E-state index contributed by atoms with van der Waals surface area (Å²) in [4.78, 5) is 2.77. The molecule has 1 aromatic heterocycles. The number of alkyl halides is 1.